The van der Waals surface area contributed by atoms with E-state index in [9.17, 15) is 4.79 Å². The van der Waals surface area contributed by atoms with E-state index in [1.54, 1.807) is 6.92 Å². The Morgan fingerprint density at radius 3 is 1.92 bits per heavy atom. The van der Waals surface area contributed by atoms with Gasteiger partial charge in [-0.25, -0.2) is 0 Å². The zero-order valence-corrected chi connectivity index (χ0v) is 8.01. The highest BCUT2D eigenvalue weighted by Gasteiger charge is 2.16. The monoisotopic (exact) mass is 170 g/mol. The van der Waals surface area contributed by atoms with Crippen molar-refractivity contribution in [2.45, 2.75) is 46.0 Å². The summed E-state index contributed by atoms with van der Waals surface area (Å²) in [5.74, 6) is 0.813. The summed E-state index contributed by atoms with van der Waals surface area (Å²) in [7, 11) is 0. The summed E-state index contributed by atoms with van der Waals surface area (Å²) in [6, 6.07) is 0. The van der Waals surface area contributed by atoms with Crippen LogP contribution in [0.25, 0.3) is 0 Å². The van der Waals surface area contributed by atoms with E-state index in [0.717, 1.165) is 19.1 Å². The van der Waals surface area contributed by atoms with Crippen molar-refractivity contribution < 1.29 is 9.59 Å². The molecule has 0 aliphatic heterocycles. The molecule has 0 spiro atoms. The molecule has 70 valence electrons. The van der Waals surface area contributed by atoms with Crippen LogP contribution in [0.15, 0.2) is 0 Å². The van der Waals surface area contributed by atoms with Crippen molar-refractivity contribution in [3.05, 3.63) is 0 Å². The molecular formula is C10H18O2. The molecule has 0 heterocycles. The molecule has 2 heteroatoms. The fourth-order valence-electron chi connectivity index (χ4n) is 1.51. The first kappa shape index (κ1) is 11.3. The molecule has 1 aliphatic rings. The Morgan fingerprint density at radius 1 is 1.25 bits per heavy atom. The van der Waals surface area contributed by atoms with E-state index >= 15 is 0 Å². The molecule has 0 aromatic carbocycles. The zero-order chi connectivity index (χ0) is 9.40. The average Bonchev–Trinajstić information content (AvgIpc) is 2.07. The Bertz CT molecular complexity index is 135. The normalized spacial score (nSPS) is 17.5. The van der Waals surface area contributed by atoms with Gasteiger partial charge in [-0.1, -0.05) is 19.3 Å². The third-order valence-electron chi connectivity index (χ3n) is 2.18. The van der Waals surface area contributed by atoms with Gasteiger partial charge in [0.1, 0.15) is 12.1 Å². The third-order valence-corrected chi connectivity index (χ3v) is 2.18. The van der Waals surface area contributed by atoms with E-state index in [1.165, 1.54) is 26.2 Å². The number of carbonyl (C=O) groups is 2. The number of carbonyl (C=O) groups excluding carboxylic acids is 2. The van der Waals surface area contributed by atoms with Crippen molar-refractivity contribution in [2.24, 2.45) is 5.92 Å². The van der Waals surface area contributed by atoms with Crippen molar-refractivity contribution in [2.75, 3.05) is 0 Å². The third kappa shape index (κ3) is 5.05. The van der Waals surface area contributed by atoms with Gasteiger partial charge in [0.25, 0.3) is 0 Å². The zero-order valence-electron chi connectivity index (χ0n) is 8.01. The molecule has 0 N–H and O–H groups in total. The lowest BCUT2D eigenvalue weighted by Crippen LogP contribution is -2.13. The van der Waals surface area contributed by atoms with E-state index in [4.69, 9.17) is 4.79 Å². The van der Waals surface area contributed by atoms with Gasteiger partial charge in [-0.2, -0.15) is 0 Å². The van der Waals surface area contributed by atoms with Gasteiger partial charge in [0.2, 0.25) is 0 Å². The molecule has 12 heavy (non-hydrogen) atoms. The van der Waals surface area contributed by atoms with E-state index in [2.05, 4.69) is 0 Å². The molecule has 1 rings (SSSR count). The predicted molar refractivity (Wildman–Crippen MR) is 49.0 cm³/mol. The highest BCUT2D eigenvalue weighted by Crippen LogP contribution is 2.23. The van der Waals surface area contributed by atoms with Gasteiger partial charge in [0.05, 0.1) is 0 Å². The maximum Gasteiger partial charge on any atom is 0.132 e. The van der Waals surface area contributed by atoms with Crippen molar-refractivity contribution in [1.82, 2.24) is 0 Å². The largest absolute Gasteiger partial charge is 0.304 e. The second-order valence-electron chi connectivity index (χ2n) is 3.18. The van der Waals surface area contributed by atoms with Crippen LogP contribution in [0.4, 0.5) is 0 Å². The van der Waals surface area contributed by atoms with Crippen LogP contribution in [0.5, 0.6) is 0 Å². The number of hydrogen-bond acceptors (Lipinski definition) is 2. The van der Waals surface area contributed by atoms with Gasteiger partial charge in [0, 0.05) is 5.92 Å². The van der Waals surface area contributed by atoms with Crippen LogP contribution < -0.4 is 0 Å². The fraction of sp³-hybridized carbons (Fsp3) is 0.800. The first-order valence-corrected chi connectivity index (χ1v) is 4.62. The van der Waals surface area contributed by atoms with E-state index < -0.39 is 0 Å². The van der Waals surface area contributed by atoms with Crippen LogP contribution in [0.3, 0.4) is 0 Å². The molecule has 0 bridgehead atoms. The lowest BCUT2D eigenvalue weighted by Gasteiger charge is -2.17. The minimum atomic E-state index is 0.398. The van der Waals surface area contributed by atoms with Gasteiger partial charge in [-0.3, -0.25) is 4.79 Å². The maximum absolute atomic E-state index is 10.8. The van der Waals surface area contributed by atoms with Gasteiger partial charge in [-0.15, -0.1) is 0 Å². The quantitative estimate of drug-likeness (QED) is 0.566. The topological polar surface area (TPSA) is 34.1 Å². The summed E-state index contributed by atoms with van der Waals surface area (Å²) in [4.78, 5) is 19.6. The fourth-order valence-corrected chi connectivity index (χ4v) is 1.51. The summed E-state index contributed by atoms with van der Waals surface area (Å²) in [5, 5.41) is 0. The van der Waals surface area contributed by atoms with Crippen LogP contribution in [0.2, 0.25) is 0 Å². The molecule has 0 unspecified atom stereocenters. The molecule has 1 saturated carbocycles. The Kier molecular flexibility index (Phi) is 6.63. The van der Waals surface area contributed by atoms with Crippen LogP contribution >= 0.6 is 0 Å². The smallest absolute Gasteiger partial charge is 0.132 e. The van der Waals surface area contributed by atoms with E-state index in [-0.39, 0.29) is 0 Å². The van der Waals surface area contributed by atoms with Crippen molar-refractivity contribution in [3.63, 3.8) is 0 Å². The molecule has 0 aromatic rings. The lowest BCUT2D eigenvalue weighted by molar-refractivity contribution is -0.121. The Morgan fingerprint density at radius 2 is 1.67 bits per heavy atom. The number of rotatable bonds is 1. The van der Waals surface area contributed by atoms with Crippen molar-refractivity contribution in [1.29, 1.82) is 0 Å². The first-order chi connectivity index (χ1) is 5.72. The van der Waals surface area contributed by atoms with Crippen molar-refractivity contribution >= 4 is 12.1 Å². The van der Waals surface area contributed by atoms with Crippen LogP contribution in [0, 0.1) is 5.92 Å². The number of hydrogen-bond donors (Lipinski definition) is 0. The summed E-state index contributed by atoms with van der Waals surface area (Å²) >= 11 is 0. The Labute approximate surface area is 74.3 Å². The molecule has 0 aromatic heterocycles. The summed E-state index contributed by atoms with van der Waals surface area (Å²) in [5.41, 5.74) is 0. The maximum atomic E-state index is 10.8. The summed E-state index contributed by atoms with van der Waals surface area (Å²) in [6.07, 6.45) is 6.92. The Hall–Kier alpha value is -0.660. The number of Topliss-reactive ketones (excluding diaryl/α,β-unsaturated/α-hetero) is 1. The van der Waals surface area contributed by atoms with Gasteiger partial charge >= 0.3 is 0 Å². The molecule has 0 atom stereocenters. The van der Waals surface area contributed by atoms with Crippen molar-refractivity contribution in [3.8, 4) is 0 Å². The highest BCUT2D eigenvalue weighted by molar-refractivity contribution is 5.78. The SMILES string of the molecule is CC(=O)C1CCCCC1.CC=O. The first-order valence-electron chi connectivity index (χ1n) is 4.62. The minimum absolute atomic E-state index is 0.398. The van der Waals surface area contributed by atoms with Gasteiger partial charge in [0.15, 0.2) is 0 Å². The van der Waals surface area contributed by atoms with E-state index in [0.29, 0.717) is 11.7 Å². The number of ketones is 1. The van der Waals surface area contributed by atoms with Crippen LogP contribution in [-0.4, -0.2) is 12.1 Å². The second kappa shape index (κ2) is 7.01. The molecule has 2 nitrogen and oxygen atoms in total. The molecule has 0 amide bonds. The predicted octanol–water partition coefficient (Wildman–Crippen LogP) is 2.36. The summed E-state index contributed by atoms with van der Waals surface area (Å²) in [6.45, 7) is 3.16. The standard InChI is InChI=1S/C8H14O.C2H4O/c1-7(9)8-5-3-2-4-6-8;1-2-3/h8H,2-6H2,1H3;2H,1H3. The van der Waals surface area contributed by atoms with Crippen LogP contribution in [-0.2, 0) is 9.59 Å². The van der Waals surface area contributed by atoms with Gasteiger partial charge in [-0.05, 0) is 26.7 Å². The molecule has 0 radical (unpaired) electrons. The number of aldehydes is 1. The second-order valence-corrected chi connectivity index (χ2v) is 3.18. The van der Waals surface area contributed by atoms with Gasteiger partial charge < -0.3 is 4.79 Å². The highest BCUT2D eigenvalue weighted by atomic mass is 16.1. The molecule has 0 saturated heterocycles. The molecule has 1 aliphatic carbocycles. The minimum Gasteiger partial charge on any atom is -0.304 e. The molecular weight excluding hydrogens is 152 g/mol. The van der Waals surface area contributed by atoms with E-state index in [1.807, 2.05) is 0 Å². The summed E-state index contributed by atoms with van der Waals surface area (Å²) < 4.78 is 0. The average molecular weight is 170 g/mol. The Balaban J connectivity index is 0.000000354. The lowest BCUT2D eigenvalue weighted by atomic mass is 9.87. The van der Waals surface area contributed by atoms with Crippen LogP contribution in [0.1, 0.15) is 46.0 Å². The molecule has 1 fully saturated rings.